The first-order valence-electron chi connectivity index (χ1n) is 5.21. The Morgan fingerprint density at radius 3 is 3.06 bits per heavy atom. The third kappa shape index (κ3) is 4.20. The minimum Gasteiger partial charge on any atom is -0.468 e. The van der Waals surface area contributed by atoms with E-state index in [4.69, 9.17) is 10.8 Å². The van der Waals surface area contributed by atoms with E-state index in [2.05, 4.69) is 11.2 Å². The van der Waals surface area contributed by atoms with E-state index >= 15 is 0 Å². The van der Waals surface area contributed by atoms with Gasteiger partial charge in [-0.25, -0.2) is 0 Å². The van der Waals surface area contributed by atoms with Gasteiger partial charge in [-0.2, -0.15) is 0 Å². The lowest BCUT2D eigenvalue weighted by atomic mass is 10.3. The standard InChI is InChI=1S/C12H16N2O2/c1-3-7-13-12(15)10-14(4-2)9-11-6-5-8-16-11/h1,5-6,8H,4,7,9-10H2,2H3,(H,13,15). The zero-order valence-corrected chi connectivity index (χ0v) is 9.40. The highest BCUT2D eigenvalue weighted by Gasteiger charge is 2.09. The molecule has 0 radical (unpaired) electrons. The van der Waals surface area contributed by atoms with Crippen molar-refractivity contribution in [2.45, 2.75) is 13.5 Å². The summed E-state index contributed by atoms with van der Waals surface area (Å²) in [6, 6.07) is 3.73. The van der Waals surface area contributed by atoms with Crippen molar-refractivity contribution in [2.24, 2.45) is 0 Å². The molecular weight excluding hydrogens is 204 g/mol. The molecule has 0 unspecified atom stereocenters. The Morgan fingerprint density at radius 1 is 1.69 bits per heavy atom. The van der Waals surface area contributed by atoms with Crippen LogP contribution in [0.4, 0.5) is 0 Å². The Morgan fingerprint density at radius 2 is 2.50 bits per heavy atom. The van der Waals surface area contributed by atoms with Crippen molar-refractivity contribution in [3.8, 4) is 12.3 Å². The third-order valence-corrected chi connectivity index (χ3v) is 2.16. The third-order valence-electron chi connectivity index (χ3n) is 2.16. The van der Waals surface area contributed by atoms with Crippen molar-refractivity contribution in [1.82, 2.24) is 10.2 Å². The van der Waals surface area contributed by atoms with E-state index in [0.29, 0.717) is 13.1 Å². The van der Waals surface area contributed by atoms with Crippen LogP contribution in [-0.4, -0.2) is 30.4 Å². The van der Waals surface area contributed by atoms with Crippen LogP contribution >= 0.6 is 0 Å². The number of nitrogens with zero attached hydrogens (tertiary/aromatic N) is 1. The van der Waals surface area contributed by atoms with Crippen molar-refractivity contribution in [2.75, 3.05) is 19.6 Å². The molecule has 0 atom stereocenters. The minimum absolute atomic E-state index is 0.0636. The first-order chi connectivity index (χ1) is 7.76. The van der Waals surface area contributed by atoms with Crippen LogP contribution < -0.4 is 5.32 Å². The maximum Gasteiger partial charge on any atom is 0.234 e. The number of nitrogens with one attached hydrogen (secondary N) is 1. The lowest BCUT2D eigenvalue weighted by Crippen LogP contribution is -2.36. The van der Waals surface area contributed by atoms with Gasteiger partial charge in [-0.15, -0.1) is 6.42 Å². The fourth-order valence-corrected chi connectivity index (χ4v) is 1.31. The normalized spacial score (nSPS) is 10.1. The number of hydrogen-bond donors (Lipinski definition) is 1. The van der Waals surface area contributed by atoms with Crippen molar-refractivity contribution in [3.05, 3.63) is 24.2 Å². The quantitative estimate of drug-likeness (QED) is 0.723. The second-order valence-electron chi connectivity index (χ2n) is 3.36. The van der Waals surface area contributed by atoms with Crippen LogP contribution in [-0.2, 0) is 11.3 Å². The van der Waals surface area contributed by atoms with E-state index in [1.54, 1.807) is 6.26 Å². The zero-order chi connectivity index (χ0) is 11.8. The Kier molecular flexibility index (Phi) is 5.17. The maximum absolute atomic E-state index is 11.4. The van der Waals surface area contributed by atoms with Gasteiger partial charge in [-0.1, -0.05) is 12.8 Å². The number of amides is 1. The first kappa shape index (κ1) is 12.3. The van der Waals surface area contributed by atoms with Gasteiger partial charge >= 0.3 is 0 Å². The van der Waals surface area contributed by atoms with Gasteiger partial charge in [0, 0.05) is 0 Å². The average Bonchev–Trinajstić information content (AvgIpc) is 2.78. The highest BCUT2D eigenvalue weighted by Crippen LogP contribution is 2.04. The highest BCUT2D eigenvalue weighted by molar-refractivity contribution is 5.78. The molecule has 0 aliphatic rings. The van der Waals surface area contributed by atoms with E-state index in [-0.39, 0.29) is 12.5 Å². The van der Waals surface area contributed by atoms with E-state index in [9.17, 15) is 4.79 Å². The SMILES string of the molecule is C#CCNC(=O)CN(CC)Cc1ccco1. The summed E-state index contributed by atoms with van der Waals surface area (Å²) in [6.45, 7) is 4.02. The zero-order valence-electron chi connectivity index (χ0n) is 9.40. The summed E-state index contributed by atoms with van der Waals surface area (Å²) in [5.74, 6) is 3.16. The van der Waals surface area contributed by atoms with Gasteiger partial charge in [0.05, 0.1) is 25.9 Å². The van der Waals surface area contributed by atoms with Crippen LogP contribution in [0.1, 0.15) is 12.7 Å². The average molecular weight is 220 g/mol. The van der Waals surface area contributed by atoms with Crippen LogP contribution in [0, 0.1) is 12.3 Å². The van der Waals surface area contributed by atoms with Crippen LogP contribution in [0.2, 0.25) is 0 Å². The smallest absolute Gasteiger partial charge is 0.234 e. The van der Waals surface area contributed by atoms with Crippen molar-refractivity contribution in [3.63, 3.8) is 0 Å². The summed E-state index contributed by atoms with van der Waals surface area (Å²) in [4.78, 5) is 13.4. The molecule has 0 spiro atoms. The predicted molar refractivity (Wildman–Crippen MR) is 61.5 cm³/mol. The molecule has 16 heavy (non-hydrogen) atoms. The van der Waals surface area contributed by atoms with Gasteiger partial charge in [-0.3, -0.25) is 9.69 Å². The predicted octanol–water partition coefficient (Wildman–Crippen LogP) is 0.851. The number of hydrogen-bond acceptors (Lipinski definition) is 3. The molecule has 1 aromatic heterocycles. The van der Waals surface area contributed by atoms with Crippen LogP contribution in [0.5, 0.6) is 0 Å². The molecule has 0 fully saturated rings. The van der Waals surface area contributed by atoms with Gasteiger partial charge in [0.1, 0.15) is 5.76 Å². The molecule has 1 amide bonds. The summed E-state index contributed by atoms with van der Waals surface area (Å²) in [6.07, 6.45) is 6.68. The van der Waals surface area contributed by atoms with Crippen LogP contribution in [0.25, 0.3) is 0 Å². The number of carbonyl (C=O) groups excluding carboxylic acids is 1. The van der Waals surface area contributed by atoms with Gasteiger partial charge in [-0.05, 0) is 18.7 Å². The summed E-state index contributed by atoms with van der Waals surface area (Å²) in [5, 5.41) is 2.63. The summed E-state index contributed by atoms with van der Waals surface area (Å²) < 4.78 is 5.22. The molecule has 0 aliphatic heterocycles. The molecule has 1 heterocycles. The second kappa shape index (κ2) is 6.70. The first-order valence-corrected chi connectivity index (χ1v) is 5.21. The molecule has 1 aromatic rings. The molecule has 1 rings (SSSR count). The molecule has 0 saturated heterocycles. The topological polar surface area (TPSA) is 45.5 Å². The van der Waals surface area contributed by atoms with E-state index in [1.807, 2.05) is 24.0 Å². The van der Waals surface area contributed by atoms with Crippen LogP contribution in [0.3, 0.4) is 0 Å². The summed E-state index contributed by atoms with van der Waals surface area (Å²) >= 11 is 0. The van der Waals surface area contributed by atoms with Crippen LogP contribution in [0.15, 0.2) is 22.8 Å². The lowest BCUT2D eigenvalue weighted by molar-refractivity contribution is -0.122. The molecule has 4 nitrogen and oxygen atoms in total. The summed E-state index contributed by atoms with van der Waals surface area (Å²) in [5.41, 5.74) is 0. The van der Waals surface area contributed by atoms with E-state index < -0.39 is 0 Å². The molecular formula is C12H16N2O2. The molecule has 4 heteroatoms. The number of furan rings is 1. The maximum atomic E-state index is 11.4. The Labute approximate surface area is 95.6 Å². The molecule has 86 valence electrons. The van der Waals surface area contributed by atoms with E-state index in [0.717, 1.165) is 12.3 Å². The number of likely N-dealkylation sites (N-methyl/N-ethyl adjacent to an activating group) is 1. The molecule has 0 aliphatic carbocycles. The van der Waals surface area contributed by atoms with Gasteiger partial charge in [0.25, 0.3) is 0 Å². The largest absolute Gasteiger partial charge is 0.468 e. The Hall–Kier alpha value is -1.73. The minimum atomic E-state index is -0.0636. The van der Waals surface area contributed by atoms with Gasteiger partial charge < -0.3 is 9.73 Å². The molecule has 0 bridgehead atoms. The number of rotatable bonds is 6. The molecule has 1 N–H and O–H groups in total. The molecule has 0 aromatic carbocycles. The van der Waals surface area contributed by atoms with Crippen molar-refractivity contribution >= 4 is 5.91 Å². The summed E-state index contributed by atoms with van der Waals surface area (Å²) in [7, 11) is 0. The number of terminal acetylenes is 1. The fourth-order valence-electron chi connectivity index (χ4n) is 1.31. The fraction of sp³-hybridized carbons (Fsp3) is 0.417. The lowest BCUT2D eigenvalue weighted by Gasteiger charge is -2.17. The Balaban J connectivity index is 2.37. The Bertz CT molecular complexity index is 352. The van der Waals surface area contributed by atoms with E-state index in [1.165, 1.54) is 0 Å². The van der Waals surface area contributed by atoms with Gasteiger partial charge in [0.15, 0.2) is 0 Å². The van der Waals surface area contributed by atoms with Crippen molar-refractivity contribution < 1.29 is 9.21 Å². The second-order valence-corrected chi connectivity index (χ2v) is 3.36. The highest BCUT2D eigenvalue weighted by atomic mass is 16.3. The monoisotopic (exact) mass is 220 g/mol. The van der Waals surface area contributed by atoms with Gasteiger partial charge in [0.2, 0.25) is 5.91 Å². The molecule has 0 saturated carbocycles. The number of carbonyl (C=O) groups is 1. The van der Waals surface area contributed by atoms with Crippen molar-refractivity contribution in [1.29, 1.82) is 0 Å².